The van der Waals surface area contributed by atoms with Gasteiger partial charge in [-0.2, -0.15) is 0 Å². The van der Waals surface area contributed by atoms with Crippen LogP contribution < -0.4 is 5.32 Å². The van der Waals surface area contributed by atoms with E-state index in [0.717, 1.165) is 19.2 Å². The van der Waals surface area contributed by atoms with Crippen molar-refractivity contribution in [3.8, 4) is 0 Å². The van der Waals surface area contributed by atoms with Crippen molar-refractivity contribution >= 4 is 0 Å². The standard InChI is InChI=1S/C16H33NO/c1-14(2)18-13-6-5-12-17-15-8-7-10-16(3,4)11-9-15/h14-15,17H,5-13H2,1-4H3. The maximum atomic E-state index is 5.55. The molecule has 1 atom stereocenters. The van der Waals surface area contributed by atoms with Crippen molar-refractivity contribution in [2.75, 3.05) is 13.2 Å². The summed E-state index contributed by atoms with van der Waals surface area (Å²) in [7, 11) is 0. The molecule has 0 aromatic rings. The van der Waals surface area contributed by atoms with E-state index in [1.165, 1.54) is 44.9 Å². The van der Waals surface area contributed by atoms with Gasteiger partial charge in [-0.3, -0.25) is 0 Å². The largest absolute Gasteiger partial charge is 0.379 e. The molecule has 2 nitrogen and oxygen atoms in total. The Hall–Kier alpha value is -0.0800. The normalized spacial score (nSPS) is 24.2. The maximum absolute atomic E-state index is 5.55. The van der Waals surface area contributed by atoms with Gasteiger partial charge in [0.25, 0.3) is 0 Å². The first-order chi connectivity index (χ1) is 8.49. The van der Waals surface area contributed by atoms with Gasteiger partial charge in [-0.05, 0) is 64.3 Å². The Morgan fingerprint density at radius 3 is 2.67 bits per heavy atom. The van der Waals surface area contributed by atoms with Crippen LogP contribution in [-0.2, 0) is 4.74 Å². The molecule has 1 saturated carbocycles. The lowest BCUT2D eigenvalue weighted by Gasteiger charge is -2.22. The molecule has 0 amide bonds. The zero-order valence-electron chi connectivity index (χ0n) is 12.9. The molecule has 0 radical (unpaired) electrons. The summed E-state index contributed by atoms with van der Waals surface area (Å²) in [6.07, 6.45) is 9.69. The molecule has 18 heavy (non-hydrogen) atoms. The zero-order valence-corrected chi connectivity index (χ0v) is 12.9. The Balaban J connectivity index is 2.02. The smallest absolute Gasteiger partial charge is 0.0518 e. The van der Waals surface area contributed by atoms with Crippen LogP contribution in [0.25, 0.3) is 0 Å². The first kappa shape index (κ1) is 16.0. The Kier molecular flexibility index (Phi) is 7.25. The number of hydrogen-bond acceptors (Lipinski definition) is 2. The summed E-state index contributed by atoms with van der Waals surface area (Å²) in [5, 5.41) is 3.73. The monoisotopic (exact) mass is 255 g/mol. The highest BCUT2D eigenvalue weighted by Gasteiger charge is 2.23. The lowest BCUT2D eigenvalue weighted by Crippen LogP contribution is -2.29. The quantitative estimate of drug-likeness (QED) is 0.545. The van der Waals surface area contributed by atoms with Gasteiger partial charge >= 0.3 is 0 Å². The fourth-order valence-electron chi connectivity index (χ4n) is 2.72. The van der Waals surface area contributed by atoms with Crippen LogP contribution in [0.5, 0.6) is 0 Å². The Morgan fingerprint density at radius 2 is 1.94 bits per heavy atom. The van der Waals surface area contributed by atoms with E-state index in [1.54, 1.807) is 0 Å². The maximum Gasteiger partial charge on any atom is 0.0518 e. The van der Waals surface area contributed by atoms with Gasteiger partial charge in [-0.15, -0.1) is 0 Å². The molecule has 1 N–H and O–H groups in total. The number of unbranched alkanes of at least 4 members (excludes halogenated alkanes) is 1. The van der Waals surface area contributed by atoms with Gasteiger partial charge in [-0.25, -0.2) is 0 Å². The average Bonchev–Trinajstić information content (AvgIpc) is 2.45. The summed E-state index contributed by atoms with van der Waals surface area (Å²) in [6.45, 7) is 11.1. The second-order valence-corrected chi connectivity index (χ2v) is 6.87. The van der Waals surface area contributed by atoms with E-state index in [9.17, 15) is 0 Å². The summed E-state index contributed by atoms with van der Waals surface area (Å²) in [5.41, 5.74) is 0.571. The van der Waals surface area contributed by atoms with Crippen LogP contribution in [0.2, 0.25) is 0 Å². The first-order valence-corrected chi connectivity index (χ1v) is 7.84. The topological polar surface area (TPSA) is 21.3 Å². The molecule has 1 rings (SSSR count). The van der Waals surface area contributed by atoms with Gasteiger partial charge in [0, 0.05) is 12.6 Å². The van der Waals surface area contributed by atoms with Crippen molar-refractivity contribution in [3.05, 3.63) is 0 Å². The highest BCUT2D eigenvalue weighted by atomic mass is 16.5. The molecule has 0 bridgehead atoms. The summed E-state index contributed by atoms with van der Waals surface area (Å²) in [6, 6.07) is 0.762. The van der Waals surface area contributed by atoms with Gasteiger partial charge in [0.1, 0.15) is 0 Å². The van der Waals surface area contributed by atoms with Crippen molar-refractivity contribution in [1.82, 2.24) is 5.32 Å². The zero-order chi connectivity index (χ0) is 13.4. The average molecular weight is 255 g/mol. The minimum Gasteiger partial charge on any atom is -0.379 e. The van der Waals surface area contributed by atoms with Crippen LogP contribution in [0.3, 0.4) is 0 Å². The molecule has 0 aliphatic heterocycles. The van der Waals surface area contributed by atoms with E-state index in [1.807, 2.05) is 0 Å². The Labute approximate surface area is 114 Å². The predicted molar refractivity (Wildman–Crippen MR) is 79.0 cm³/mol. The van der Waals surface area contributed by atoms with Crippen molar-refractivity contribution in [3.63, 3.8) is 0 Å². The molecule has 1 unspecified atom stereocenters. The van der Waals surface area contributed by atoms with Crippen LogP contribution in [-0.4, -0.2) is 25.3 Å². The second-order valence-electron chi connectivity index (χ2n) is 6.87. The summed E-state index contributed by atoms with van der Waals surface area (Å²) >= 11 is 0. The third-order valence-corrected chi connectivity index (χ3v) is 4.03. The third kappa shape index (κ3) is 7.38. The van der Waals surface area contributed by atoms with Gasteiger partial charge < -0.3 is 10.1 Å². The Bertz CT molecular complexity index is 213. The fraction of sp³-hybridized carbons (Fsp3) is 1.00. The van der Waals surface area contributed by atoms with E-state index >= 15 is 0 Å². The molecule has 1 aliphatic rings. The summed E-state index contributed by atoms with van der Waals surface area (Å²) in [5.74, 6) is 0. The molecule has 0 aromatic heterocycles. The van der Waals surface area contributed by atoms with Crippen molar-refractivity contribution in [2.45, 2.75) is 84.8 Å². The number of rotatable bonds is 7. The van der Waals surface area contributed by atoms with E-state index in [2.05, 4.69) is 33.0 Å². The molecule has 0 aromatic carbocycles. The van der Waals surface area contributed by atoms with E-state index in [0.29, 0.717) is 11.5 Å². The van der Waals surface area contributed by atoms with Crippen LogP contribution in [0.4, 0.5) is 0 Å². The van der Waals surface area contributed by atoms with Gasteiger partial charge in [0.2, 0.25) is 0 Å². The number of nitrogens with one attached hydrogen (secondary N) is 1. The van der Waals surface area contributed by atoms with Gasteiger partial charge in [0.05, 0.1) is 6.10 Å². The molecular weight excluding hydrogens is 222 g/mol. The van der Waals surface area contributed by atoms with Crippen LogP contribution in [0, 0.1) is 5.41 Å². The lowest BCUT2D eigenvalue weighted by molar-refractivity contribution is 0.0759. The van der Waals surface area contributed by atoms with E-state index in [4.69, 9.17) is 4.74 Å². The molecule has 1 fully saturated rings. The molecule has 0 saturated heterocycles. The molecule has 1 aliphatic carbocycles. The second kappa shape index (κ2) is 8.16. The molecule has 0 heterocycles. The highest BCUT2D eigenvalue weighted by Crippen LogP contribution is 2.33. The first-order valence-electron chi connectivity index (χ1n) is 7.84. The van der Waals surface area contributed by atoms with Crippen LogP contribution in [0.1, 0.15) is 72.6 Å². The molecule has 108 valence electrons. The highest BCUT2D eigenvalue weighted by molar-refractivity contribution is 4.79. The van der Waals surface area contributed by atoms with Gasteiger partial charge in [0.15, 0.2) is 0 Å². The van der Waals surface area contributed by atoms with Crippen molar-refractivity contribution in [1.29, 1.82) is 0 Å². The molecule has 2 heteroatoms. The van der Waals surface area contributed by atoms with Crippen LogP contribution in [0.15, 0.2) is 0 Å². The number of ether oxygens (including phenoxy) is 1. The molecular formula is C16H33NO. The fourth-order valence-corrected chi connectivity index (χ4v) is 2.72. The van der Waals surface area contributed by atoms with E-state index < -0.39 is 0 Å². The summed E-state index contributed by atoms with van der Waals surface area (Å²) < 4.78 is 5.55. The minimum absolute atomic E-state index is 0.377. The van der Waals surface area contributed by atoms with E-state index in [-0.39, 0.29) is 0 Å². The molecule has 0 spiro atoms. The predicted octanol–water partition coefficient (Wildman–Crippen LogP) is 4.14. The minimum atomic E-state index is 0.377. The van der Waals surface area contributed by atoms with Crippen LogP contribution >= 0.6 is 0 Å². The van der Waals surface area contributed by atoms with Crippen molar-refractivity contribution in [2.24, 2.45) is 5.41 Å². The SMILES string of the molecule is CC(C)OCCCCNC1CCCC(C)(C)CC1. The van der Waals surface area contributed by atoms with Gasteiger partial charge in [-0.1, -0.05) is 20.3 Å². The third-order valence-electron chi connectivity index (χ3n) is 4.03. The lowest BCUT2D eigenvalue weighted by atomic mass is 9.85. The summed E-state index contributed by atoms with van der Waals surface area (Å²) in [4.78, 5) is 0. The Morgan fingerprint density at radius 1 is 1.17 bits per heavy atom. The van der Waals surface area contributed by atoms with Crippen molar-refractivity contribution < 1.29 is 4.74 Å². The number of hydrogen-bond donors (Lipinski definition) is 1.